The first-order valence-electron chi connectivity index (χ1n) is 10.3. The highest BCUT2D eigenvalue weighted by molar-refractivity contribution is 7.99. The van der Waals surface area contributed by atoms with Gasteiger partial charge in [-0.1, -0.05) is 23.9 Å². The van der Waals surface area contributed by atoms with Crippen LogP contribution in [0.1, 0.15) is 35.3 Å². The highest BCUT2D eigenvalue weighted by Crippen LogP contribution is 2.22. The van der Waals surface area contributed by atoms with E-state index in [9.17, 15) is 9.59 Å². The Labute approximate surface area is 187 Å². The minimum Gasteiger partial charge on any atom is -0.339 e. The number of aryl methyl sites for hydroxylation is 2. The van der Waals surface area contributed by atoms with Gasteiger partial charge in [0.05, 0.1) is 5.75 Å². The minimum atomic E-state index is -0.146. The number of amides is 2. The van der Waals surface area contributed by atoms with E-state index in [0.29, 0.717) is 24.3 Å². The predicted octanol–water partition coefficient (Wildman–Crippen LogP) is 4.70. The number of carbonyl (C=O) groups is 2. The Morgan fingerprint density at radius 3 is 2.45 bits per heavy atom. The maximum atomic E-state index is 12.5. The fraction of sp³-hybridized carbons (Fsp3) is 0.292. The van der Waals surface area contributed by atoms with Crippen LogP contribution in [0.15, 0.2) is 60.0 Å². The molecule has 1 heterocycles. The molecule has 1 N–H and O–H groups in total. The Balaban J connectivity index is 1.65. The summed E-state index contributed by atoms with van der Waals surface area (Å²) in [7, 11) is 0. The van der Waals surface area contributed by atoms with Gasteiger partial charge in [0.1, 0.15) is 0 Å². The highest BCUT2D eigenvalue weighted by atomic mass is 32.2. The van der Waals surface area contributed by atoms with E-state index in [4.69, 9.17) is 0 Å². The summed E-state index contributed by atoms with van der Waals surface area (Å²) < 4.78 is 1.99. The van der Waals surface area contributed by atoms with Crippen LogP contribution in [0.4, 0.5) is 5.69 Å². The summed E-state index contributed by atoms with van der Waals surface area (Å²) in [4.78, 5) is 31.2. The van der Waals surface area contributed by atoms with Crippen molar-refractivity contribution in [1.29, 1.82) is 0 Å². The molecular formula is C24H28N4O2S. The topological polar surface area (TPSA) is 67.2 Å². The van der Waals surface area contributed by atoms with E-state index in [1.54, 1.807) is 35.4 Å². The van der Waals surface area contributed by atoms with E-state index >= 15 is 0 Å². The molecular weight excluding hydrogens is 408 g/mol. The Bertz CT molecular complexity index is 1050. The van der Waals surface area contributed by atoms with Crippen molar-refractivity contribution in [3.05, 3.63) is 71.5 Å². The van der Waals surface area contributed by atoms with Crippen LogP contribution in [0, 0.1) is 13.8 Å². The van der Waals surface area contributed by atoms with Gasteiger partial charge in [-0.2, -0.15) is 0 Å². The van der Waals surface area contributed by atoms with Crippen molar-refractivity contribution in [2.75, 3.05) is 24.2 Å². The molecule has 0 aliphatic carbocycles. The van der Waals surface area contributed by atoms with Crippen LogP contribution < -0.4 is 5.32 Å². The van der Waals surface area contributed by atoms with E-state index in [0.717, 1.165) is 10.8 Å². The number of aromatic nitrogens is 2. The van der Waals surface area contributed by atoms with Crippen molar-refractivity contribution in [1.82, 2.24) is 14.5 Å². The van der Waals surface area contributed by atoms with Crippen molar-refractivity contribution in [3.8, 4) is 5.69 Å². The molecule has 0 spiro atoms. The van der Waals surface area contributed by atoms with Gasteiger partial charge in [-0.25, -0.2) is 4.98 Å². The molecule has 0 saturated heterocycles. The molecule has 0 aliphatic heterocycles. The smallest absolute Gasteiger partial charge is 0.253 e. The molecule has 3 aromatic rings. The van der Waals surface area contributed by atoms with Gasteiger partial charge in [0.15, 0.2) is 5.16 Å². The molecule has 2 amide bonds. The second-order valence-electron chi connectivity index (χ2n) is 7.32. The normalized spacial score (nSPS) is 10.7. The van der Waals surface area contributed by atoms with E-state index in [1.165, 1.54) is 22.9 Å². The lowest BCUT2D eigenvalue weighted by molar-refractivity contribution is -0.113. The molecule has 0 aliphatic rings. The van der Waals surface area contributed by atoms with Crippen molar-refractivity contribution in [2.45, 2.75) is 32.9 Å². The molecule has 0 unspecified atom stereocenters. The first-order valence-corrected chi connectivity index (χ1v) is 11.3. The van der Waals surface area contributed by atoms with E-state index in [-0.39, 0.29) is 17.6 Å². The van der Waals surface area contributed by atoms with Crippen molar-refractivity contribution in [2.24, 2.45) is 0 Å². The standard InChI is InChI=1S/C24H28N4O2S/c1-5-27(6-2)23(30)19-8-7-9-20(15-19)26-22(29)16-31-24-25-10-11-28(24)21-13-17(3)12-18(4)14-21/h7-15H,5-6,16H2,1-4H3,(H,26,29). The predicted molar refractivity (Wildman–Crippen MR) is 126 cm³/mol. The summed E-state index contributed by atoms with van der Waals surface area (Å²) in [6.45, 7) is 9.32. The molecule has 0 bridgehead atoms. The van der Waals surface area contributed by atoms with Gasteiger partial charge in [0.25, 0.3) is 5.91 Å². The van der Waals surface area contributed by atoms with Gasteiger partial charge in [0.2, 0.25) is 5.91 Å². The average Bonchev–Trinajstić information content (AvgIpc) is 3.21. The Morgan fingerprint density at radius 1 is 1.06 bits per heavy atom. The number of nitrogens with zero attached hydrogens (tertiary/aromatic N) is 3. The first-order chi connectivity index (χ1) is 14.9. The number of imidazole rings is 1. The Hall–Kier alpha value is -3.06. The summed E-state index contributed by atoms with van der Waals surface area (Å²) in [5.41, 5.74) is 4.56. The second kappa shape index (κ2) is 10.3. The first kappa shape index (κ1) is 22.6. The third-order valence-corrected chi connectivity index (χ3v) is 5.83. The minimum absolute atomic E-state index is 0.0362. The zero-order valence-corrected chi connectivity index (χ0v) is 19.2. The lowest BCUT2D eigenvalue weighted by Crippen LogP contribution is -2.30. The summed E-state index contributed by atoms with van der Waals surface area (Å²) in [5.74, 6) is 0.0362. The quantitative estimate of drug-likeness (QED) is 0.520. The molecule has 6 nitrogen and oxygen atoms in total. The number of anilines is 1. The largest absolute Gasteiger partial charge is 0.339 e. The van der Waals surface area contributed by atoms with Gasteiger partial charge < -0.3 is 10.2 Å². The summed E-state index contributed by atoms with van der Waals surface area (Å²) in [6, 6.07) is 13.4. The van der Waals surface area contributed by atoms with Gasteiger partial charge in [-0.3, -0.25) is 14.2 Å². The van der Waals surface area contributed by atoms with Crippen LogP contribution in [0.3, 0.4) is 0 Å². The third kappa shape index (κ3) is 5.76. The molecule has 0 fully saturated rings. The van der Waals surface area contributed by atoms with Crippen molar-refractivity contribution >= 4 is 29.3 Å². The molecule has 31 heavy (non-hydrogen) atoms. The molecule has 162 valence electrons. The molecule has 3 rings (SSSR count). The SMILES string of the molecule is CCN(CC)C(=O)c1cccc(NC(=O)CSc2nccn2-c2cc(C)cc(C)c2)c1. The van der Waals surface area contributed by atoms with E-state index in [1.807, 2.05) is 24.6 Å². The molecule has 0 radical (unpaired) electrons. The molecule has 2 aromatic carbocycles. The van der Waals surface area contributed by atoms with Crippen LogP contribution in [0.25, 0.3) is 5.69 Å². The van der Waals surface area contributed by atoms with Gasteiger partial charge >= 0.3 is 0 Å². The number of thioether (sulfide) groups is 1. The summed E-state index contributed by atoms with van der Waals surface area (Å²) in [6.07, 6.45) is 3.64. The second-order valence-corrected chi connectivity index (χ2v) is 8.26. The number of hydrogen-bond donors (Lipinski definition) is 1. The average molecular weight is 437 g/mol. The van der Waals surface area contributed by atoms with Crippen molar-refractivity contribution < 1.29 is 9.59 Å². The Kier molecular flexibility index (Phi) is 7.52. The summed E-state index contributed by atoms with van der Waals surface area (Å²) >= 11 is 1.37. The summed E-state index contributed by atoms with van der Waals surface area (Å²) in [5, 5.41) is 3.64. The lowest BCUT2D eigenvalue weighted by Gasteiger charge is -2.19. The number of carbonyl (C=O) groups excluding carboxylic acids is 2. The zero-order chi connectivity index (χ0) is 22.4. The zero-order valence-electron chi connectivity index (χ0n) is 18.4. The molecule has 0 saturated carbocycles. The number of nitrogens with one attached hydrogen (secondary N) is 1. The maximum Gasteiger partial charge on any atom is 0.253 e. The number of benzene rings is 2. The van der Waals surface area contributed by atoms with E-state index < -0.39 is 0 Å². The van der Waals surface area contributed by atoms with Crippen molar-refractivity contribution in [3.63, 3.8) is 0 Å². The van der Waals surface area contributed by atoms with Gasteiger partial charge in [0, 0.05) is 42.4 Å². The maximum absolute atomic E-state index is 12.5. The fourth-order valence-electron chi connectivity index (χ4n) is 3.43. The lowest BCUT2D eigenvalue weighted by atomic mass is 10.1. The van der Waals surface area contributed by atoms with Crippen LogP contribution in [-0.2, 0) is 4.79 Å². The van der Waals surface area contributed by atoms with Crippen LogP contribution in [0.2, 0.25) is 0 Å². The number of rotatable bonds is 8. The Morgan fingerprint density at radius 2 is 1.77 bits per heavy atom. The molecule has 0 atom stereocenters. The van der Waals surface area contributed by atoms with Gasteiger partial charge in [-0.05, 0) is 69.2 Å². The molecule has 7 heteroatoms. The molecule has 1 aromatic heterocycles. The van der Waals surface area contributed by atoms with E-state index in [2.05, 4.69) is 42.3 Å². The highest BCUT2D eigenvalue weighted by Gasteiger charge is 2.14. The van der Waals surface area contributed by atoms with Crippen LogP contribution in [0.5, 0.6) is 0 Å². The third-order valence-electron chi connectivity index (χ3n) is 4.87. The fourth-order valence-corrected chi connectivity index (χ4v) is 4.21. The number of hydrogen-bond acceptors (Lipinski definition) is 4. The monoisotopic (exact) mass is 436 g/mol. The van der Waals surface area contributed by atoms with Crippen LogP contribution >= 0.6 is 11.8 Å². The van der Waals surface area contributed by atoms with Crippen LogP contribution in [-0.4, -0.2) is 45.1 Å². The van der Waals surface area contributed by atoms with Gasteiger partial charge in [-0.15, -0.1) is 0 Å².